The molecule has 0 amide bonds. The Morgan fingerprint density at radius 3 is 1.16 bits per heavy atom. The SMILES string of the molecule is CCCCCCc1cc(C#Cc2cc(CCCCCC)c(C#C[Si](C)(C)C)cc2CCCCCC)c(CCCCCC)cc1I. The van der Waals surface area contributed by atoms with E-state index in [4.69, 9.17) is 0 Å². The first kappa shape index (κ1) is 39.7. The summed E-state index contributed by atoms with van der Waals surface area (Å²) in [7, 11) is -1.47. The monoisotopic (exact) mass is 736 g/mol. The van der Waals surface area contributed by atoms with Crippen molar-refractivity contribution in [2.75, 3.05) is 0 Å². The zero-order valence-corrected chi connectivity index (χ0v) is 33.5. The van der Waals surface area contributed by atoms with Crippen molar-refractivity contribution in [3.63, 3.8) is 0 Å². The van der Waals surface area contributed by atoms with Crippen LogP contribution in [0.1, 0.15) is 169 Å². The number of halogens is 1. The van der Waals surface area contributed by atoms with Crippen molar-refractivity contribution in [3.05, 3.63) is 66.8 Å². The second-order valence-corrected chi connectivity index (χ2v) is 20.2. The van der Waals surface area contributed by atoms with Crippen molar-refractivity contribution in [2.45, 2.75) is 176 Å². The van der Waals surface area contributed by atoms with E-state index in [-0.39, 0.29) is 0 Å². The fourth-order valence-corrected chi connectivity index (χ4v) is 7.18. The van der Waals surface area contributed by atoms with Gasteiger partial charge in [-0.3, -0.25) is 0 Å². The largest absolute Gasteiger partial charge is 0.129 e. The van der Waals surface area contributed by atoms with Gasteiger partial charge in [0.15, 0.2) is 0 Å². The Morgan fingerprint density at radius 2 is 0.778 bits per heavy atom. The number of benzene rings is 2. The average Bonchev–Trinajstić information content (AvgIpc) is 3.01. The number of rotatable bonds is 20. The van der Waals surface area contributed by atoms with Gasteiger partial charge in [0, 0.05) is 20.3 Å². The van der Waals surface area contributed by atoms with Crippen molar-refractivity contribution in [1.82, 2.24) is 0 Å². The molecule has 0 N–H and O–H groups in total. The Morgan fingerprint density at radius 1 is 0.444 bits per heavy atom. The summed E-state index contributed by atoms with van der Waals surface area (Å²) in [5, 5.41) is 0. The lowest BCUT2D eigenvalue weighted by atomic mass is 9.92. The Balaban J connectivity index is 2.59. The third-order valence-electron chi connectivity index (χ3n) is 8.70. The topological polar surface area (TPSA) is 0 Å². The number of unbranched alkanes of at least 4 members (excludes halogenated alkanes) is 12. The normalized spacial score (nSPS) is 11.2. The van der Waals surface area contributed by atoms with Crippen LogP contribution in [-0.4, -0.2) is 8.07 Å². The highest BCUT2D eigenvalue weighted by Gasteiger charge is 2.12. The second kappa shape index (κ2) is 22.9. The first-order valence-corrected chi connectivity index (χ1v) is 23.3. The van der Waals surface area contributed by atoms with Gasteiger partial charge in [0.1, 0.15) is 8.07 Å². The molecule has 0 fully saturated rings. The lowest BCUT2D eigenvalue weighted by Gasteiger charge is -2.13. The van der Waals surface area contributed by atoms with Crippen molar-refractivity contribution in [1.29, 1.82) is 0 Å². The van der Waals surface area contributed by atoms with E-state index in [9.17, 15) is 0 Å². The van der Waals surface area contributed by atoms with Crippen LogP contribution in [0.5, 0.6) is 0 Å². The van der Waals surface area contributed by atoms with E-state index in [0.717, 1.165) is 25.7 Å². The molecule has 45 heavy (non-hydrogen) atoms. The van der Waals surface area contributed by atoms with Crippen LogP contribution in [0.4, 0.5) is 0 Å². The van der Waals surface area contributed by atoms with Gasteiger partial charge in [-0.25, -0.2) is 0 Å². The molecule has 0 saturated heterocycles. The van der Waals surface area contributed by atoms with E-state index in [1.165, 1.54) is 145 Å². The molecule has 0 aliphatic heterocycles. The molecule has 0 saturated carbocycles. The van der Waals surface area contributed by atoms with Gasteiger partial charge in [0.05, 0.1) is 0 Å². The van der Waals surface area contributed by atoms with Crippen LogP contribution in [-0.2, 0) is 25.7 Å². The summed E-state index contributed by atoms with van der Waals surface area (Å²) in [6.45, 7) is 16.2. The maximum Gasteiger partial charge on any atom is 0.129 e. The average molecular weight is 737 g/mol. The molecule has 2 aromatic rings. The van der Waals surface area contributed by atoms with Gasteiger partial charge in [-0.1, -0.05) is 142 Å². The molecule has 248 valence electrons. The van der Waals surface area contributed by atoms with Crippen LogP contribution in [0.25, 0.3) is 0 Å². The van der Waals surface area contributed by atoms with Gasteiger partial charge in [0.2, 0.25) is 0 Å². The molecule has 0 radical (unpaired) electrons. The Labute approximate surface area is 294 Å². The van der Waals surface area contributed by atoms with E-state index in [2.05, 4.69) is 117 Å². The summed E-state index contributed by atoms with van der Waals surface area (Å²) in [4.78, 5) is 0. The number of aryl methyl sites for hydroxylation is 4. The van der Waals surface area contributed by atoms with E-state index in [1.807, 2.05) is 0 Å². The third kappa shape index (κ3) is 16.3. The molecule has 0 nitrogen and oxygen atoms in total. The summed E-state index contributed by atoms with van der Waals surface area (Å²) >= 11 is 2.58. The maximum absolute atomic E-state index is 3.79. The van der Waals surface area contributed by atoms with Crippen molar-refractivity contribution < 1.29 is 0 Å². The van der Waals surface area contributed by atoms with Crippen molar-refractivity contribution in [3.8, 4) is 23.3 Å². The fourth-order valence-electron chi connectivity index (χ4n) is 5.87. The van der Waals surface area contributed by atoms with E-state index >= 15 is 0 Å². The summed E-state index contributed by atoms with van der Waals surface area (Å²) in [6, 6.07) is 9.81. The molecule has 0 unspecified atom stereocenters. The van der Waals surface area contributed by atoms with Gasteiger partial charge in [-0.15, -0.1) is 5.54 Å². The van der Waals surface area contributed by atoms with Crippen LogP contribution < -0.4 is 0 Å². The molecule has 0 atom stereocenters. The first-order chi connectivity index (χ1) is 21.7. The highest BCUT2D eigenvalue weighted by atomic mass is 127. The van der Waals surface area contributed by atoms with Gasteiger partial charge in [0.25, 0.3) is 0 Å². The van der Waals surface area contributed by atoms with Crippen LogP contribution >= 0.6 is 22.6 Å². The molecule has 0 aromatic heterocycles. The minimum absolute atomic E-state index is 1.10. The quantitative estimate of drug-likeness (QED) is 0.0550. The Kier molecular flexibility index (Phi) is 20.2. The predicted octanol–water partition coefficient (Wildman–Crippen LogP) is 13.4. The molecule has 2 heteroatoms. The smallest absolute Gasteiger partial charge is 0.127 e. The zero-order chi connectivity index (χ0) is 32.9. The second-order valence-electron chi connectivity index (χ2n) is 14.3. The first-order valence-electron chi connectivity index (χ1n) is 18.7. The van der Waals surface area contributed by atoms with Gasteiger partial charge >= 0.3 is 0 Å². The molecule has 0 heterocycles. The van der Waals surface area contributed by atoms with Crippen molar-refractivity contribution >= 4 is 30.7 Å². The van der Waals surface area contributed by atoms with Crippen LogP contribution in [0, 0.1) is 26.9 Å². The van der Waals surface area contributed by atoms with Crippen molar-refractivity contribution in [2.24, 2.45) is 0 Å². The standard InChI is InChI=1S/C43H65ISi/c1-8-12-16-20-24-36-33-41(30-31-45(5,6)7)37(25-21-17-13-9-2)32-39(36)28-29-40-34-42(27-23-19-15-11-4)43(44)35-38(40)26-22-18-14-10-3/h32-35H,8-27H2,1-7H3. The van der Waals surface area contributed by atoms with Gasteiger partial charge in [-0.05, 0) is 120 Å². The van der Waals surface area contributed by atoms with Crippen LogP contribution in [0.3, 0.4) is 0 Å². The molecule has 0 aliphatic carbocycles. The van der Waals surface area contributed by atoms with E-state index in [1.54, 1.807) is 0 Å². The fraction of sp³-hybridized carbons (Fsp3) is 0.628. The predicted molar refractivity (Wildman–Crippen MR) is 213 cm³/mol. The van der Waals surface area contributed by atoms with Gasteiger partial charge in [-0.2, -0.15) is 0 Å². The minimum atomic E-state index is -1.47. The molecular weight excluding hydrogens is 671 g/mol. The number of hydrogen-bond donors (Lipinski definition) is 0. The lowest BCUT2D eigenvalue weighted by molar-refractivity contribution is 0.662. The lowest BCUT2D eigenvalue weighted by Crippen LogP contribution is -2.16. The molecule has 0 spiro atoms. The zero-order valence-electron chi connectivity index (χ0n) is 30.3. The molecule has 0 bridgehead atoms. The van der Waals surface area contributed by atoms with E-state index < -0.39 is 8.07 Å². The summed E-state index contributed by atoms with van der Waals surface area (Å²) in [5.74, 6) is 11.2. The maximum atomic E-state index is 3.79. The molecular formula is C43H65ISi. The molecule has 2 rings (SSSR count). The molecule has 0 aliphatic rings. The van der Waals surface area contributed by atoms with Crippen LogP contribution in [0.15, 0.2) is 24.3 Å². The highest BCUT2D eigenvalue weighted by Crippen LogP contribution is 2.25. The van der Waals surface area contributed by atoms with E-state index in [0.29, 0.717) is 0 Å². The summed E-state index contributed by atoms with van der Waals surface area (Å²) < 4.78 is 1.43. The van der Waals surface area contributed by atoms with Crippen LogP contribution in [0.2, 0.25) is 19.6 Å². The molecule has 2 aromatic carbocycles. The highest BCUT2D eigenvalue weighted by molar-refractivity contribution is 14.1. The Hall–Kier alpha value is -1.49. The summed E-state index contributed by atoms with van der Waals surface area (Å²) in [6.07, 6.45) is 25.1. The minimum Gasteiger partial charge on any atom is -0.127 e. The van der Waals surface area contributed by atoms with Gasteiger partial charge < -0.3 is 0 Å². The Bertz CT molecular complexity index is 1260. The summed E-state index contributed by atoms with van der Waals surface area (Å²) in [5.41, 5.74) is 13.2. The third-order valence-corrected chi connectivity index (χ3v) is 10.6. The number of hydrogen-bond acceptors (Lipinski definition) is 0.